The Labute approximate surface area is 98.0 Å². The molecular formula is C12H22N3O. The molecule has 0 bridgehead atoms. The lowest BCUT2D eigenvalue weighted by molar-refractivity contribution is -0.132. The van der Waals surface area contributed by atoms with Crippen LogP contribution in [0.25, 0.3) is 0 Å². The maximum Gasteiger partial charge on any atom is 0.223 e. The molecule has 4 heteroatoms. The van der Waals surface area contributed by atoms with E-state index < -0.39 is 0 Å². The molecule has 16 heavy (non-hydrogen) atoms. The van der Waals surface area contributed by atoms with Crippen molar-refractivity contribution in [3.05, 3.63) is 6.42 Å². The second kappa shape index (κ2) is 6.21. The lowest BCUT2D eigenvalue weighted by Crippen LogP contribution is -2.45. The van der Waals surface area contributed by atoms with Crippen LogP contribution < -0.4 is 5.32 Å². The zero-order valence-electron chi connectivity index (χ0n) is 9.95. The van der Waals surface area contributed by atoms with Crippen LogP contribution in [0.5, 0.6) is 0 Å². The number of carbonyl (C=O) groups excluding carboxylic acids is 1. The Kier molecular flexibility index (Phi) is 4.60. The van der Waals surface area contributed by atoms with Crippen LogP contribution in [-0.2, 0) is 4.79 Å². The van der Waals surface area contributed by atoms with Gasteiger partial charge in [-0.05, 0) is 19.3 Å². The van der Waals surface area contributed by atoms with Gasteiger partial charge in [0.2, 0.25) is 5.91 Å². The summed E-state index contributed by atoms with van der Waals surface area (Å²) in [6.07, 6.45) is 5.11. The minimum Gasteiger partial charge on any atom is -0.343 e. The lowest BCUT2D eigenvalue weighted by atomic mass is 10.1. The largest absolute Gasteiger partial charge is 0.343 e. The summed E-state index contributed by atoms with van der Waals surface area (Å²) in [5, 5.41) is 3.32. The molecule has 1 amide bonds. The number of nitrogens with one attached hydrogen (secondary N) is 1. The molecule has 2 fully saturated rings. The van der Waals surface area contributed by atoms with Crippen molar-refractivity contribution in [2.45, 2.75) is 19.3 Å². The van der Waals surface area contributed by atoms with Crippen LogP contribution in [0, 0.1) is 6.42 Å². The molecule has 0 aromatic heterocycles. The fraction of sp³-hybridized carbons (Fsp3) is 0.833. The molecule has 0 aromatic rings. The number of amides is 1. The number of rotatable bonds is 3. The maximum atomic E-state index is 11.9. The summed E-state index contributed by atoms with van der Waals surface area (Å²) in [5.74, 6) is 0.339. The summed E-state index contributed by atoms with van der Waals surface area (Å²) >= 11 is 0. The van der Waals surface area contributed by atoms with Gasteiger partial charge >= 0.3 is 0 Å². The fourth-order valence-electron chi connectivity index (χ4n) is 2.35. The summed E-state index contributed by atoms with van der Waals surface area (Å²) in [6, 6.07) is 0. The molecule has 2 rings (SSSR count). The third-order valence-corrected chi connectivity index (χ3v) is 3.41. The van der Waals surface area contributed by atoms with Crippen molar-refractivity contribution in [3.63, 3.8) is 0 Å². The van der Waals surface area contributed by atoms with Crippen LogP contribution in [-0.4, -0.2) is 61.5 Å². The summed E-state index contributed by atoms with van der Waals surface area (Å²) in [7, 11) is 0. The first-order chi connectivity index (χ1) is 7.86. The molecule has 2 saturated heterocycles. The van der Waals surface area contributed by atoms with E-state index in [1.807, 2.05) is 4.90 Å². The van der Waals surface area contributed by atoms with Gasteiger partial charge in [-0.1, -0.05) is 0 Å². The predicted octanol–water partition coefficient (Wildman–Crippen LogP) is 0.108. The van der Waals surface area contributed by atoms with E-state index >= 15 is 0 Å². The Morgan fingerprint density at radius 3 is 2.50 bits per heavy atom. The zero-order valence-corrected chi connectivity index (χ0v) is 9.95. The highest BCUT2D eigenvalue weighted by molar-refractivity contribution is 5.76. The second-order valence-electron chi connectivity index (χ2n) is 4.59. The number of piperidine rings is 1. The second-order valence-corrected chi connectivity index (χ2v) is 4.59. The molecule has 2 heterocycles. The third-order valence-electron chi connectivity index (χ3n) is 3.41. The van der Waals surface area contributed by atoms with Gasteiger partial charge in [-0.2, -0.15) is 0 Å². The Bertz CT molecular complexity index is 220. The van der Waals surface area contributed by atoms with Crippen LogP contribution in [0.4, 0.5) is 0 Å². The molecular weight excluding hydrogens is 202 g/mol. The summed E-state index contributed by atoms with van der Waals surface area (Å²) in [4.78, 5) is 16.3. The number of hydrogen-bond acceptors (Lipinski definition) is 3. The van der Waals surface area contributed by atoms with Gasteiger partial charge in [0.05, 0.1) is 0 Å². The average Bonchev–Trinajstić information content (AvgIpc) is 2.38. The van der Waals surface area contributed by atoms with Crippen molar-refractivity contribution < 1.29 is 4.79 Å². The van der Waals surface area contributed by atoms with Gasteiger partial charge in [-0.15, -0.1) is 0 Å². The monoisotopic (exact) mass is 224 g/mol. The van der Waals surface area contributed by atoms with Gasteiger partial charge in [-0.25, -0.2) is 0 Å². The quantitative estimate of drug-likeness (QED) is 0.739. The highest BCUT2D eigenvalue weighted by Gasteiger charge is 2.17. The van der Waals surface area contributed by atoms with Gasteiger partial charge < -0.3 is 15.1 Å². The van der Waals surface area contributed by atoms with Gasteiger partial charge in [0.1, 0.15) is 0 Å². The van der Waals surface area contributed by atoms with E-state index in [9.17, 15) is 4.79 Å². The molecule has 1 N–H and O–H groups in total. The molecule has 0 aliphatic carbocycles. The Balaban J connectivity index is 1.65. The molecule has 1 radical (unpaired) electrons. The van der Waals surface area contributed by atoms with E-state index in [0.717, 1.165) is 58.7 Å². The molecule has 0 unspecified atom stereocenters. The molecule has 0 spiro atoms. The smallest absolute Gasteiger partial charge is 0.223 e. The zero-order chi connectivity index (χ0) is 11.2. The summed E-state index contributed by atoms with van der Waals surface area (Å²) in [6.45, 7) is 7.09. The molecule has 0 saturated carbocycles. The summed E-state index contributed by atoms with van der Waals surface area (Å²) in [5.41, 5.74) is 0. The Morgan fingerprint density at radius 2 is 1.81 bits per heavy atom. The van der Waals surface area contributed by atoms with Crippen LogP contribution in [0.1, 0.15) is 19.3 Å². The molecule has 2 aliphatic rings. The van der Waals surface area contributed by atoms with Crippen LogP contribution in [0.15, 0.2) is 0 Å². The van der Waals surface area contributed by atoms with E-state index in [2.05, 4.69) is 16.6 Å². The third kappa shape index (κ3) is 3.46. The standard InChI is InChI=1S/C12H22N3O/c16-12(15-7-2-1-3-8-15)4-9-14-10-5-13-6-11-14/h1,13H,2-11H2. The van der Waals surface area contributed by atoms with E-state index in [1.165, 1.54) is 0 Å². The van der Waals surface area contributed by atoms with Crippen LogP contribution in [0.2, 0.25) is 0 Å². The van der Waals surface area contributed by atoms with Gasteiger partial charge in [-0.3, -0.25) is 4.79 Å². The molecule has 0 atom stereocenters. The topological polar surface area (TPSA) is 35.6 Å². The Hall–Kier alpha value is -0.610. The van der Waals surface area contributed by atoms with E-state index in [0.29, 0.717) is 12.3 Å². The maximum absolute atomic E-state index is 11.9. The van der Waals surface area contributed by atoms with E-state index in [-0.39, 0.29) is 0 Å². The van der Waals surface area contributed by atoms with E-state index in [4.69, 9.17) is 0 Å². The van der Waals surface area contributed by atoms with Crippen molar-refractivity contribution in [1.29, 1.82) is 0 Å². The average molecular weight is 224 g/mol. The minimum atomic E-state index is 0.339. The SMILES string of the molecule is O=C(CCN1CCNCC1)N1CC[CH]CC1. The van der Waals surface area contributed by atoms with Gasteiger partial charge in [0, 0.05) is 52.2 Å². The predicted molar refractivity (Wildman–Crippen MR) is 64.0 cm³/mol. The number of nitrogens with zero attached hydrogens (tertiary/aromatic N) is 2. The van der Waals surface area contributed by atoms with Crippen LogP contribution in [0.3, 0.4) is 0 Å². The highest BCUT2D eigenvalue weighted by atomic mass is 16.2. The van der Waals surface area contributed by atoms with Crippen molar-refractivity contribution in [1.82, 2.24) is 15.1 Å². The minimum absolute atomic E-state index is 0.339. The fourth-order valence-corrected chi connectivity index (χ4v) is 2.35. The highest BCUT2D eigenvalue weighted by Crippen LogP contribution is 2.09. The number of carbonyl (C=O) groups is 1. The number of piperazine rings is 1. The van der Waals surface area contributed by atoms with E-state index in [1.54, 1.807) is 0 Å². The molecule has 91 valence electrons. The number of likely N-dealkylation sites (tertiary alicyclic amines) is 1. The number of hydrogen-bond donors (Lipinski definition) is 1. The molecule has 4 nitrogen and oxygen atoms in total. The normalized spacial score (nSPS) is 23.4. The van der Waals surface area contributed by atoms with Crippen LogP contribution >= 0.6 is 0 Å². The Morgan fingerprint density at radius 1 is 1.12 bits per heavy atom. The van der Waals surface area contributed by atoms with Gasteiger partial charge in [0.25, 0.3) is 0 Å². The van der Waals surface area contributed by atoms with Crippen molar-refractivity contribution in [3.8, 4) is 0 Å². The first-order valence-corrected chi connectivity index (χ1v) is 6.39. The van der Waals surface area contributed by atoms with Crippen molar-refractivity contribution >= 4 is 5.91 Å². The van der Waals surface area contributed by atoms with Crippen molar-refractivity contribution in [2.24, 2.45) is 0 Å². The first-order valence-electron chi connectivity index (χ1n) is 6.39. The first kappa shape index (κ1) is 11.9. The molecule has 2 aliphatic heterocycles. The molecule has 0 aromatic carbocycles. The van der Waals surface area contributed by atoms with Crippen molar-refractivity contribution in [2.75, 3.05) is 45.8 Å². The lowest BCUT2D eigenvalue weighted by Gasteiger charge is -2.30. The van der Waals surface area contributed by atoms with Gasteiger partial charge in [0.15, 0.2) is 0 Å². The summed E-state index contributed by atoms with van der Waals surface area (Å²) < 4.78 is 0.